The summed E-state index contributed by atoms with van der Waals surface area (Å²) in [5, 5.41) is 0. The normalized spacial score (nSPS) is 21.6. The predicted molar refractivity (Wildman–Crippen MR) is 82.9 cm³/mol. The first-order valence-electron chi connectivity index (χ1n) is 7.58. The Morgan fingerprint density at radius 3 is 2.00 bits per heavy atom. The van der Waals surface area contributed by atoms with Gasteiger partial charge in [0.05, 0.1) is 6.10 Å². The number of rotatable bonds is 3. The van der Waals surface area contributed by atoms with E-state index in [4.69, 9.17) is 4.74 Å². The van der Waals surface area contributed by atoms with Crippen LogP contribution in [0.2, 0.25) is 0 Å². The molecule has 0 saturated carbocycles. The van der Waals surface area contributed by atoms with Crippen molar-refractivity contribution in [2.24, 2.45) is 0 Å². The Hall–Kier alpha value is -1.60. The standard InChI is InChI=1S/C19H22O/c1-2-18-15-19(13-14-20-18,16-9-5-3-6-10-16)17-11-7-4-8-12-17/h3-12,18H,2,13-15H2,1H3. The zero-order valence-electron chi connectivity index (χ0n) is 12.1. The average molecular weight is 266 g/mol. The molecular weight excluding hydrogens is 244 g/mol. The highest BCUT2D eigenvalue weighted by Gasteiger charge is 2.39. The van der Waals surface area contributed by atoms with E-state index >= 15 is 0 Å². The molecule has 0 amide bonds. The molecule has 0 aromatic heterocycles. The van der Waals surface area contributed by atoms with Crippen LogP contribution in [-0.4, -0.2) is 12.7 Å². The highest BCUT2D eigenvalue weighted by atomic mass is 16.5. The molecule has 1 saturated heterocycles. The molecule has 104 valence electrons. The second-order valence-electron chi connectivity index (χ2n) is 5.67. The van der Waals surface area contributed by atoms with Crippen molar-refractivity contribution >= 4 is 0 Å². The molecule has 1 nitrogen and oxygen atoms in total. The highest BCUT2D eigenvalue weighted by Crippen LogP contribution is 2.43. The van der Waals surface area contributed by atoms with E-state index in [1.807, 2.05) is 0 Å². The summed E-state index contributed by atoms with van der Waals surface area (Å²) in [7, 11) is 0. The van der Waals surface area contributed by atoms with Crippen LogP contribution in [-0.2, 0) is 10.2 Å². The van der Waals surface area contributed by atoms with Gasteiger partial charge in [-0.3, -0.25) is 0 Å². The van der Waals surface area contributed by atoms with Gasteiger partial charge in [-0.15, -0.1) is 0 Å². The second-order valence-corrected chi connectivity index (χ2v) is 5.67. The SMILES string of the molecule is CCC1CC(c2ccccc2)(c2ccccc2)CCO1. The lowest BCUT2D eigenvalue weighted by Crippen LogP contribution is -2.39. The molecule has 1 aliphatic rings. The molecule has 0 spiro atoms. The first-order chi connectivity index (χ1) is 9.85. The van der Waals surface area contributed by atoms with Crippen molar-refractivity contribution in [2.45, 2.75) is 37.7 Å². The zero-order valence-corrected chi connectivity index (χ0v) is 12.1. The van der Waals surface area contributed by atoms with E-state index in [-0.39, 0.29) is 5.41 Å². The van der Waals surface area contributed by atoms with Crippen molar-refractivity contribution in [3.63, 3.8) is 0 Å². The lowest BCUT2D eigenvalue weighted by atomic mass is 9.67. The molecular formula is C19H22O. The maximum Gasteiger partial charge on any atom is 0.0584 e. The summed E-state index contributed by atoms with van der Waals surface area (Å²) in [6.07, 6.45) is 3.60. The van der Waals surface area contributed by atoms with Gasteiger partial charge in [0.1, 0.15) is 0 Å². The zero-order chi connectivity index (χ0) is 13.8. The van der Waals surface area contributed by atoms with Crippen LogP contribution in [0.1, 0.15) is 37.3 Å². The fraction of sp³-hybridized carbons (Fsp3) is 0.368. The summed E-state index contributed by atoms with van der Waals surface area (Å²) in [6.45, 7) is 3.07. The smallest absolute Gasteiger partial charge is 0.0584 e. The lowest BCUT2D eigenvalue weighted by Gasteiger charge is -2.42. The molecule has 0 aliphatic carbocycles. The van der Waals surface area contributed by atoms with E-state index in [0.29, 0.717) is 6.10 Å². The van der Waals surface area contributed by atoms with Crippen LogP contribution in [0.3, 0.4) is 0 Å². The van der Waals surface area contributed by atoms with Crippen molar-refractivity contribution in [1.29, 1.82) is 0 Å². The van der Waals surface area contributed by atoms with E-state index in [2.05, 4.69) is 67.6 Å². The summed E-state index contributed by atoms with van der Waals surface area (Å²) < 4.78 is 5.93. The van der Waals surface area contributed by atoms with Crippen molar-refractivity contribution < 1.29 is 4.74 Å². The summed E-state index contributed by atoms with van der Waals surface area (Å²) in [6, 6.07) is 21.9. The Balaban J connectivity index is 2.08. The molecule has 1 unspecified atom stereocenters. The monoisotopic (exact) mass is 266 g/mol. The molecule has 0 radical (unpaired) electrons. The number of hydrogen-bond acceptors (Lipinski definition) is 1. The molecule has 0 N–H and O–H groups in total. The average Bonchev–Trinajstić information content (AvgIpc) is 2.56. The Kier molecular flexibility index (Phi) is 3.88. The van der Waals surface area contributed by atoms with Crippen LogP contribution >= 0.6 is 0 Å². The molecule has 1 aliphatic heterocycles. The van der Waals surface area contributed by atoms with Gasteiger partial charge in [-0.1, -0.05) is 67.6 Å². The van der Waals surface area contributed by atoms with E-state index in [1.165, 1.54) is 11.1 Å². The minimum absolute atomic E-state index is 0.113. The van der Waals surface area contributed by atoms with Gasteiger partial charge in [-0.05, 0) is 30.4 Å². The molecule has 1 heteroatoms. The van der Waals surface area contributed by atoms with Crippen molar-refractivity contribution in [2.75, 3.05) is 6.61 Å². The van der Waals surface area contributed by atoms with Gasteiger partial charge >= 0.3 is 0 Å². The van der Waals surface area contributed by atoms with Crippen LogP contribution in [0.4, 0.5) is 0 Å². The molecule has 0 bridgehead atoms. The number of benzene rings is 2. The third-order valence-electron chi connectivity index (χ3n) is 4.57. The van der Waals surface area contributed by atoms with E-state index in [0.717, 1.165) is 25.9 Å². The lowest BCUT2D eigenvalue weighted by molar-refractivity contribution is -0.0130. The highest BCUT2D eigenvalue weighted by molar-refractivity contribution is 5.40. The van der Waals surface area contributed by atoms with Gasteiger partial charge in [-0.25, -0.2) is 0 Å². The van der Waals surface area contributed by atoms with Gasteiger partial charge in [0.25, 0.3) is 0 Å². The Labute approximate surface area is 121 Å². The van der Waals surface area contributed by atoms with Gasteiger partial charge < -0.3 is 4.74 Å². The number of hydrogen-bond donors (Lipinski definition) is 0. The third-order valence-corrected chi connectivity index (χ3v) is 4.57. The van der Waals surface area contributed by atoms with E-state index < -0.39 is 0 Å². The topological polar surface area (TPSA) is 9.23 Å². The molecule has 20 heavy (non-hydrogen) atoms. The van der Waals surface area contributed by atoms with Gasteiger partial charge in [0, 0.05) is 12.0 Å². The largest absolute Gasteiger partial charge is 0.378 e. The Morgan fingerprint density at radius 1 is 0.950 bits per heavy atom. The maximum absolute atomic E-state index is 5.93. The summed E-state index contributed by atoms with van der Waals surface area (Å²) in [4.78, 5) is 0. The fourth-order valence-corrected chi connectivity index (χ4v) is 3.42. The van der Waals surface area contributed by atoms with Crippen LogP contribution in [0.25, 0.3) is 0 Å². The van der Waals surface area contributed by atoms with Crippen molar-refractivity contribution in [1.82, 2.24) is 0 Å². The van der Waals surface area contributed by atoms with Gasteiger partial charge in [0.2, 0.25) is 0 Å². The minimum atomic E-state index is 0.113. The van der Waals surface area contributed by atoms with E-state index in [1.54, 1.807) is 0 Å². The maximum atomic E-state index is 5.93. The van der Waals surface area contributed by atoms with Crippen molar-refractivity contribution in [3.05, 3.63) is 71.8 Å². The molecule has 3 rings (SSSR count). The molecule has 2 aromatic carbocycles. The third kappa shape index (κ3) is 2.38. The minimum Gasteiger partial charge on any atom is -0.378 e. The first-order valence-corrected chi connectivity index (χ1v) is 7.58. The molecule has 1 fully saturated rings. The summed E-state index contributed by atoms with van der Waals surface area (Å²) in [5.41, 5.74) is 2.96. The van der Waals surface area contributed by atoms with E-state index in [9.17, 15) is 0 Å². The van der Waals surface area contributed by atoms with Gasteiger partial charge in [0.15, 0.2) is 0 Å². The molecule has 1 heterocycles. The quantitative estimate of drug-likeness (QED) is 0.791. The van der Waals surface area contributed by atoms with Crippen LogP contribution in [0.15, 0.2) is 60.7 Å². The predicted octanol–water partition coefficient (Wildman–Crippen LogP) is 4.56. The van der Waals surface area contributed by atoms with Crippen molar-refractivity contribution in [3.8, 4) is 0 Å². The number of ether oxygens (including phenoxy) is 1. The Bertz CT molecular complexity index is 493. The van der Waals surface area contributed by atoms with Crippen LogP contribution in [0.5, 0.6) is 0 Å². The van der Waals surface area contributed by atoms with Gasteiger partial charge in [-0.2, -0.15) is 0 Å². The fourth-order valence-electron chi connectivity index (χ4n) is 3.42. The first kappa shape index (κ1) is 13.4. The molecule has 2 aromatic rings. The van der Waals surface area contributed by atoms with Crippen LogP contribution in [0, 0.1) is 0 Å². The Morgan fingerprint density at radius 2 is 1.50 bits per heavy atom. The summed E-state index contributed by atoms with van der Waals surface area (Å²) in [5.74, 6) is 0. The summed E-state index contributed by atoms with van der Waals surface area (Å²) >= 11 is 0. The molecule has 1 atom stereocenters. The second kappa shape index (κ2) is 5.80. The van der Waals surface area contributed by atoms with Crippen LogP contribution < -0.4 is 0 Å².